The molecule has 0 bridgehead atoms. The van der Waals surface area contributed by atoms with Crippen LogP contribution in [-0.4, -0.2) is 42.9 Å². The van der Waals surface area contributed by atoms with Gasteiger partial charge in [0.2, 0.25) is 0 Å². The summed E-state index contributed by atoms with van der Waals surface area (Å²) in [5.74, 6) is -0.473. The highest BCUT2D eigenvalue weighted by Crippen LogP contribution is 2.28. The molecule has 3 N–H and O–H groups in total. The number of rotatable bonds is 6. The molecular weight excluding hydrogens is 272 g/mol. The van der Waals surface area contributed by atoms with Gasteiger partial charge >= 0.3 is 12.0 Å². The van der Waals surface area contributed by atoms with E-state index in [1.807, 2.05) is 0 Å². The molecule has 0 spiro atoms. The van der Waals surface area contributed by atoms with Crippen LogP contribution < -0.4 is 10.6 Å². The van der Waals surface area contributed by atoms with Gasteiger partial charge in [-0.1, -0.05) is 0 Å². The third kappa shape index (κ3) is 5.53. The quantitative estimate of drug-likeness (QED) is 0.697. The lowest BCUT2D eigenvalue weighted by Crippen LogP contribution is -2.40. The second-order valence-electron chi connectivity index (χ2n) is 6.12. The Labute approximate surface area is 125 Å². The van der Waals surface area contributed by atoms with Crippen LogP contribution in [0.2, 0.25) is 0 Å². The van der Waals surface area contributed by atoms with Crippen LogP contribution in [-0.2, 0) is 9.53 Å². The third-order valence-electron chi connectivity index (χ3n) is 4.52. The maximum absolute atomic E-state index is 11.7. The van der Waals surface area contributed by atoms with Gasteiger partial charge in [0.25, 0.3) is 0 Å². The largest absolute Gasteiger partial charge is 0.481 e. The molecule has 21 heavy (non-hydrogen) atoms. The van der Waals surface area contributed by atoms with E-state index >= 15 is 0 Å². The second kappa shape index (κ2) is 8.22. The van der Waals surface area contributed by atoms with E-state index in [9.17, 15) is 9.59 Å². The lowest BCUT2D eigenvalue weighted by molar-refractivity contribution is -0.143. The van der Waals surface area contributed by atoms with E-state index in [1.165, 1.54) is 0 Å². The molecule has 1 unspecified atom stereocenters. The molecule has 6 heteroatoms. The van der Waals surface area contributed by atoms with Gasteiger partial charge in [-0.15, -0.1) is 0 Å². The van der Waals surface area contributed by atoms with Gasteiger partial charge in [0.15, 0.2) is 0 Å². The molecule has 6 nitrogen and oxygen atoms in total. The maximum Gasteiger partial charge on any atom is 0.314 e. The summed E-state index contributed by atoms with van der Waals surface area (Å²) in [7, 11) is 0. The van der Waals surface area contributed by atoms with E-state index in [0.717, 1.165) is 51.6 Å². The monoisotopic (exact) mass is 298 g/mol. The fraction of sp³-hybridized carbons (Fsp3) is 0.867. The molecule has 1 aliphatic carbocycles. The Hall–Kier alpha value is -1.30. The summed E-state index contributed by atoms with van der Waals surface area (Å²) in [6, 6.07) is -0.131. The first-order valence-corrected chi connectivity index (χ1v) is 8.01. The van der Waals surface area contributed by atoms with Crippen molar-refractivity contribution in [1.29, 1.82) is 0 Å². The molecule has 120 valence electrons. The summed E-state index contributed by atoms with van der Waals surface area (Å²) in [5.41, 5.74) is 0. The van der Waals surface area contributed by atoms with Crippen molar-refractivity contribution >= 4 is 12.0 Å². The number of carboxylic acids is 1. The van der Waals surface area contributed by atoms with Gasteiger partial charge in [0.1, 0.15) is 0 Å². The topological polar surface area (TPSA) is 87.7 Å². The van der Waals surface area contributed by atoms with Crippen LogP contribution in [0.3, 0.4) is 0 Å². The zero-order valence-electron chi connectivity index (χ0n) is 12.5. The van der Waals surface area contributed by atoms with Gasteiger partial charge in [0.05, 0.1) is 12.0 Å². The lowest BCUT2D eigenvalue weighted by Gasteiger charge is -2.26. The summed E-state index contributed by atoms with van der Waals surface area (Å²) in [5, 5.41) is 14.7. The maximum atomic E-state index is 11.7. The molecule has 0 aromatic carbocycles. The summed E-state index contributed by atoms with van der Waals surface area (Å²) >= 11 is 0. The number of amides is 2. The zero-order chi connectivity index (χ0) is 15.1. The summed E-state index contributed by atoms with van der Waals surface area (Å²) < 4.78 is 5.50. The minimum absolute atomic E-state index is 0.131. The van der Waals surface area contributed by atoms with Crippen molar-refractivity contribution in [2.24, 2.45) is 11.8 Å². The normalized spacial score (nSPS) is 29.0. The van der Waals surface area contributed by atoms with Crippen molar-refractivity contribution in [1.82, 2.24) is 10.6 Å². The zero-order valence-corrected chi connectivity index (χ0v) is 12.5. The average Bonchev–Trinajstić information content (AvgIpc) is 2.99. The Kier molecular flexibility index (Phi) is 6.29. The predicted molar refractivity (Wildman–Crippen MR) is 78.1 cm³/mol. The molecule has 2 fully saturated rings. The Morgan fingerprint density at radius 2 is 1.86 bits per heavy atom. The highest BCUT2D eigenvalue weighted by atomic mass is 16.5. The van der Waals surface area contributed by atoms with Crippen LogP contribution in [0.5, 0.6) is 0 Å². The van der Waals surface area contributed by atoms with E-state index in [0.29, 0.717) is 25.1 Å². The molecule has 0 radical (unpaired) electrons. The van der Waals surface area contributed by atoms with Crippen LogP contribution in [0.4, 0.5) is 4.79 Å². The number of hydrogen-bond donors (Lipinski definition) is 3. The molecular formula is C15H26N2O4. The fourth-order valence-corrected chi connectivity index (χ4v) is 3.13. The Balaban J connectivity index is 1.52. The summed E-state index contributed by atoms with van der Waals surface area (Å²) in [4.78, 5) is 22.5. The van der Waals surface area contributed by atoms with Crippen molar-refractivity contribution in [3.05, 3.63) is 0 Å². The van der Waals surface area contributed by atoms with Gasteiger partial charge in [-0.25, -0.2) is 4.79 Å². The number of carboxylic acid groups (broad SMARTS) is 1. The summed E-state index contributed by atoms with van der Waals surface area (Å²) in [6.45, 7) is 2.12. The Bertz CT molecular complexity index is 348. The molecule has 2 aliphatic rings. The van der Waals surface area contributed by atoms with Crippen molar-refractivity contribution in [2.45, 2.75) is 51.0 Å². The van der Waals surface area contributed by atoms with E-state index in [2.05, 4.69) is 10.6 Å². The molecule has 0 aromatic heterocycles. The Morgan fingerprint density at radius 1 is 1.10 bits per heavy atom. The average molecular weight is 298 g/mol. The number of carbonyl (C=O) groups is 2. The number of aliphatic carboxylic acids is 1. The molecule has 0 aromatic rings. The highest BCUT2D eigenvalue weighted by molar-refractivity contribution is 5.73. The van der Waals surface area contributed by atoms with E-state index in [4.69, 9.17) is 9.84 Å². The molecule has 1 atom stereocenters. The van der Waals surface area contributed by atoms with E-state index in [1.54, 1.807) is 0 Å². The van der Waals surface area contributed by atoms with Crippen LogP contribution in [0.25, 0.3) is 0 Å². The molecule has 2 amide bonds. The highest BCUT2D eigenvalue weighted by Gasteiger charge is 2.25. The number of ether oxygens (including phenoxy) is 1. The number of urea groups is 1. The smallest absolute Gasteiger partial charge is 0.314 e. The number of carbonyl (C=O) groups excluding carboxylic acids is 1. The SMILES string of the molecule is O=C(NCCC1CCCO1)NCC1CCC(C(=O)O)CC1. The molecule has 1 saturated heterocycles. The lowest BCUT2D eigenvalue weighted by atomic mass is 9.82. The summed E-state index contributed by atoms with van der Waals surface area (Å²) in [6.07, 6.45) is 6.60. The minimum atomic E-state index is -0.687. The van der Waals surface area contributed by atoms with Gasteiger partial charge in [-0.05, 0) is 50.9 Å². The molecule has 1 heterocycles. The van der Waals surface area contributed by atoms with Crippen LogP contribution >= 0.6 is 0 Å². The number of nitrogens with one attached hydrogen (secondary N) is 2. The molecule has 2 rings (SSSR count). The van der Waals surface area contributed by atoms with E-state index in [-0.39, 0.29) is 11.9 Å². The molecule has 1 saturated carbocycles. The fourth-order valence-electron chi connectivity index (χ4n) is 3.13. The van der Waals surface area contributed by atoms with Gasteiger partial charge in [0, 0.05) is 19.7 Å². The first-order valence-electron chi connectivity index (χ1n) is 8.01. The van der Waals surface area contributed by atoms with E-state index < -0.39 is 5.97 Å². The Morgan fingerprint density at radius 3 is 2.48 bits per heavy atom. The van der Waals surface area contributed by atoms with Gasteiger partial charge in [-0.3, -0.25) is 4.79 Å². The molecule has 1 aliphatic heterocycles. The van der Waals surface area contributed by atoms with Crippen molar-refractivity contribution in [3.8, 4) is 0 Å². The number of hydrogen-bond acceptors (Lipinski definition) is 3. The second-order valence-corrected chi connectivity index (χ2v) is 6.12. The first-order chi connectivity index (χ1) is 10.1. The standard InChI is InChI=1S/C15H26N2O4/c18-14(19)12-5-3-11(4-6-12)10-17-15(20)16-8-7-13-2-1-9-21-13/h11-13H,1-10H2,(H,18,19)(H2,16,17,20). The first kappa shape index (κ1) is 16.1. The minimum Gasteiger partial charge on any atom is -0.481 e. The van der Waals surface area contributed by atoms with Crippen molar-refractivity contribution in [3.63, 3.8) is 0 Å². The van der Waals surface area contributed by atoms with Crippen molar-refractivity contribution in [2.75, 3.05) is 19.7 Å². The predicted octanol–water partition coefficient (Wildman–Crippen LogP) is 1.75. The van der Waals surface area contributed by atoms with Gasteiger partial charge in [-0.2, -0.15) is 0 Å². The van der Waals surface area contributed by atoms with Crippen LogP contribution in [0.15, 0.2) is 0 Å². The van der Waals surface area contributed by atoms with Gasteiger partial charge < -0.3 is 20.5 Å². The third-order valence-corrected chi connectivity index (χ3v) is 4.52. The van der Waals surface area contributed by atoms with Crippen LogP contribution in [0, 0.1) is 11.8 Å². The van der Waals surface area contributed by atoms with Crippen molar-refractivity contribution < 1.29 is 19.4 Å². The van der Waals surface area contributed by atoms with Crippen LogP contribution in [0.1, 0.15) is 44.9 Å².